The normalized spacial score (nSPS) is 11.2. The fraction of sp³-hybridized carbons (Fsp3) is 0. The average molecular weight is 318 g/mol. The van der Waals surface area contributed by atoms with E-state index in [1.54, 1.807) is 0 Å². The second-order valence-corrected chi connectivity index (χ2v) is 6.81. The molecule has 0 atom stereocenters. The summed E-state index contributed by atoms with van der Waals surface area (Å²) < 4.78 is 26.6. The third-order valence-electron chi connectivity index (χ3n) is 2.15. The first-order valence-corrected chi connectivity index (χ1v) is 7.60. The van der Waals surface area contributed by atoms with Crippen LogP contribution in [0.1, 0.15) is 10.4 Å². The van der Waals surface area contributed by atoms with Gasteiger partial charge in [0.1, 0.15) is 4.34 Å². The van der Waals surface area contributed by atoms with Gasteiger partial charge < -0.3 is 5.73 Å². The Hall–Kier alpha value is -1.64. The van der Waals surface area contributed by atoms with E-state index in [1.165, 1.54) is 30.5 Å². The Morgan fingerprint density at radius 2 is 1.95 bits per heavy atom. The number of nitrogens with two attached hydrogens (primary N) is 1. The van der Waals surface area contributed by atoms with Gasteiger partial charge in [0.15, 0.2) is 5.13 Å². The molecule has 0 saturated carbocycles. The average Bonchev–Trinajstić information content (AvgIpc) is 2.74. The number of thiazole rings is 1. The van der Waals surface area contributed by atoms with Gasteiger partial charge in [-0.25, -0.2) is 13.4 Å². The maximum atomic E-state index is 12.0. The number of aromatic nitrogens is 1. The van der Waals surface area contributed by atoms with Crippen LogP contribution < -0.4 is 10.5 Å². The van der Waals surface area contributed by atoms with Gasteiger partial charge in [-0.1, -0.05) is 22.9 Å². The molecule has 1 amide bonds. The van der Waals surface area contributed by atoms with Crippen LogP contribution in [-0.2, 0) is 10.0 Å². The zero-order valence-electron chi connectivity index (χ0n) is 9.33. The molecule has 2 aromatic rings. The summed E-state index contributed by atoms with van der Waals surface area (Å²) in [6, 6.07) is 5.26. The molecule has 0 fully saturated rings. The fourth-order valence-electron chi connectivity index (χ4n) is 1.27. The van der Waals surface area contributed by atoms with Crippen molar-refractivity contribution < 1.29 is 13.2 Å². The van der Waals surface area contributed by atoms with E-state index in [4.69, 9.17) is 17.3 Å². The number of amides is 1. The molecule has 0 aliphatic carbocycles. The number of nitrogens with zero attached hydrogens (tertiary/aromatic N) is 1. The largest absolute Gasteiger partial charge is 0.366 e. The molecule has 1 aromatic carbocycles. The van der Waals surface area contributed by atoms with Crippen molar-refractivity contribution in [1.82, 2.24) is 4.98 Å². The minimum Gasteiger partial charge on any atom is -0.366 e. The number of carbonyl (C=O) groups is 1. The van der Waals surface area contributed by atoms with Gasteiger partial charge in [-0.3, -0.25) is 9.52 Å². The first-order valence-electron chi connectivity index (χ1n) is 4.92. The summed E-state index contributed by atoms with van der Waals surface area (Å²) in [4.78, 5) is 14.7. The van der Waals surface area contributed by atoms with E-state index in [1.807, 2.05) is 0 Å². The first-order chi connectivity index (χ1) is 8.88. The molecule has 6 nitrogen and oxygen atoms in total. The Morgan fingerprint density at radius 3 is 2.42 bits per heavy atom. The van der Waals surface area contributed by atoms with E-state index in [0.29, 0.717) is 4.34 Å². The van der Waals surface area contributed by atoms with Gasteiger partial charge in [0, 0.05) is 5.56 Å². The van der Waals surface area contributed by atoms with Crippen molar-refractivity contribution >= 4 is 44.0 Å². The highest BCUT2D eigenvalue weighted by Gasteiger charge is 2.16. The molecule has 9 heteroatoms. The van der Waals surface area contributed by atoms with Crippen molar-refractivity contribution in [3.8, 4) is 0 Å². The third kappa shape index (κ3) is 3.22. The lowest BCUT2D eigenvalue weighted by atomic mass is 10.2. The number of anilines is 1. The van der Waals surface area contributed by atoms with Gasteiger partial charge in [0.25, 0.3) is 10.0 Å². The summed E-state index contributed by atoms with van der Waals surface area (Å²) in [5.41, 5.74) is 5.30. The smallest absolute Gasteiger partial charge is 0.263 e. The lowest BCUT2D eigenvalue weighted by molar-refractivity contribution is 0.1000. The number of halogens is 1. The van der Waals surface area contributed by atoms with Crippen LogP contribution in [-0.4, -0.2) is 19.3 Å². The molecular weight excluding hydrogens is 310 g/mol. The molecule has 2 rings (SSSR count). The summed E-state index contributed by atoms with van der Waals surface area (Å²) in [6.45, 7) is 0. The second-order valence-electron chi connectivity index (χ2n) is 3.46. The van der Waals surface area contributed by atoms with Gasteiger partial charge in [-0.05, 0) is 24.3 Å². The number of nitrogens with one attached hydrogen (secondary N) is 1. The Kier molecular flexibility index (Phi) is 3.74. The van der Waals surface area contributed by atoms with Gasteiger partial charge in [0.05, 0.1) is 11.1 Å². The van der Waals surface area contributed by atoms with Crippen LogP contribution in [0.3, 0.4) is 0 Å². The minimum absolute atomic E-state index is 0.00354. The zero-order chi connectivity index (χ0) is 14.0. The number of sulfonamides is 1. The summed E-state index contributed by atoms with van der Waals surface area (Å²) in [6.07, 6.45) is 1.35. The highest BCUT2D eigenvalue weighted by atomic mass is 35.5. The third-order valence-corrected chi connectivity index (χ3v) is 4.66. The van der Waals surface area contributed by atoms with Crippen molar-refractivity contribution in [2.75, 3.05) is 4.72 Å². The number of primary amides is 1. The van der Waals surface area contributed by atoms with Crippen LogP contribution in [0.4, 0.5) is 5.13 Å². The summed E-state index contributed by atoms with van der Waals surface area (Å²) in [5.74, 6) is -0.622. The predicted octanol–water partition coefficient (Wildman–Crippen LogP) is 1.70. The molecule has 1 aromatic heterocycles. The molecule has 0 spiro atoms. The number of rotatable bonds is 4. The van der Waals surface area contributed by atoms with Crippen molar-refractivity contribution in [2.24, 2.45) is 5.73 Å². The Labute approximate surface area is 118 Å². The van der Waals surface area contributed by atoms with Crippen molar-refractivity contribution in [1.29, 1.82) is 0 Å². The lowest BCUT2D eigenvalue weighted by Gasteiger charge is -2.05. The quantitative estimate of drug-likeness (QED) is 0.895. The summed E-state index contributed by atoms with van der Waals surface area (Å²) in [7, 11) is -3.76. The molecule has 100 valence electrons. The van der Waals surface area contributed by atoms with Gasteiger partial charge in [0.2, 0.25) is 5.91 Å². The van der Waals surface area contributed by atoms with Crippen LogP contribution in [0.2, 0.25) is 4.34 Å². The summed E-state index contributed by atoms with van der Waals surface area (Å²) in [5, 5.41) is 0.170. The van der Waals surface area contributed by atoms with E-state index in [-0.39, 0.29) is 15.6 Å². The predicted molar refractivity (Wildman–Crippen MR) is 72.9 cm³/mol. The number of hydrogen-bond donors (Lipinski definition) is 2. The number of carbonyl (C=O) groups excluding carboxylic acids is 1. The van der Waals surface area contributed by atoms with Crippen molar-refractivity contribution in [3.05, 3.63) is 40.4 Å². The molecule has 0 saturated heterocycles. The molecule has 3 N–H and O–H groups in total. The van der Waals surface area contributed by atoms with Crippen molar-refractivity contribution in [2.45, 2.75) is 4.90 Å². The minimum atomic E-state index is -3.76. The van der Waals surface area contributed by atoms with Crippen LogP contribution in [0, 0.1) is 0 Å². The number of benzene rings is 1. The lowest BCUT2D eigenvalue weighted by Crippen LogP contribution is -2.14. The SMILES string of the molecule is NC(=O)c1ccc(S(=O)(=O)Nc2ncc(Cl)s2)cc1. The van der Waals surface area contributed by atoms with Crippen LogP contribution in [0.5, 0.6) is 0 Å². The molecule has 0 aliphatic heterocycles. The fourth-order valence-corrected chi connectivity index (χ4v) is 3.33. The molecule has 0 bridgehead atoms. The van der Waals surface area contributed by atoms with Gasteiger partial charge in [-0.2, -0.15) is 0 Å². The summed E-state index contributed by atoms with van der Waals surface area (Å²) >= 11 is 6.67. The van der Waals surface area contributed by atoms with E-state index in [2.05, 4.69) is 9.71 Å². The zero-order valence-corrected chi connectivity index (χ0v) is 11.7. The van der Waals surface area contributed by atoms with E-state index in [9.17, 15) is 13.2 Å². The standard InChI is InChI=1S/C10H8ClN3O3S2/c11-8-5-13-10(18-8)14-19(16,17)7-3-1-6(2-4-7)9(12)15/h1-5H,(H2,12,15)(H,13,14). The molecule has 19 heavy (non-hydrogen) atoms. The Bertz CT molecular complexity index is 710. The second kappa shape index (κ2) is 5.16. The van der Waals surface area contributed by atoms with E-state index < -0.39 is 15.9 Å². The molecular formula is C10H8ClN3O3S2. The van der Waals surface area contributed by atoms with Gasteiger partial charge in [-0.15, -0.1) is 0 Å². The number of hydrogen-bond acceptors (Lipinski definition) is 5. The maximum absolute atomic E-state index is 12.0. The van der Waals surface area contributed by atoms with E-state index in [0.717, 1.165) is 11.3 Å². The first kappa shape index (κ1) is 13.8. The van der Waals surface area contributed by atoms with Crippen LogP contribution >= 0.6 is 22.9 Å². The Balaban J connectivity index is 2.26. The molecule has 0 unspecified atom stereocenters. The molecule has 0 aliphatic rings. The molecule has 1 heterocycles. The highest BCUT2D eigenvalue weighted by Crippen LogP contribution is 2.25. The van der Waals surface area contributed by atoms with Crippen LogP contribution in [0.15, 0.2) is 35.4 Å². The van der Waals surface area contributed by atoms with Crippen molar-refractivity contribution in [3.63, 3.8) is 0 Å². The molecule has 0 radical (unpaired) electrons. The monoisotopic (exact) mass is 317 g/mol. The van der Waals surface area contributed by atoms with Gasteiger partial charge >= 0.3 is 0 Å². The van der Waals surface area contributed by atoms with E-state index >= 15 is 0 Å². The maximum Gasteiger partial charge on any atom is 0.263 e. The Morgan fingerprint density at radius 1 is 1.32 bits per heavy atom. The highest BCUT2D eigenvalue weighted by molar-refractivity contribution is 7.93. The van der Waals surface area contributed by atoms with Crippen LogP contribution in [0.25, 0.3) is 0 Å². The topological polar surface area (TPSA) is 102 Å².